The van der Waals surface area contributed by atoms with Crippen molar-refractivity contribution >= 4 is 22.4 Å². The van der Waals surface area contributed by atoms with Crippen molar-refractivity contribution in [3.63, 3.8) is 0 Å². The van der Waals surface area contributed by atoms with Crippen LogP contribution in [0.1, 0.15) is 12.8 Å². The van der Waals surface area contributed by atoms with E-state index in [-0.39, 0.29) is 17.3 Å². The van der Waals surface area contributed by atoms with E-state index in [0.29, 0.717) is 30.5 Å². The fourth-order valence-corrected chi connectivity index (χ4v) is 4.44. The van der Waals surface area contributed by atoms with Gasteiger partial charge in [0.15, 0.2) is 5.76 Å². The lowest BCUT2D eigenvalue weighted by atomic mass is 10.1. The first-order valence-corrected chi connectivity index (χ1v) is 8.74. The zero-order valence-corrected chi connectivity index (χ0v) is 14.4. The number of aromatic nitrogens is 1. The summed E-state index contributed by atoms with van der Waals surface area (Å²) in [6.45, 7) is 1.05. The lowest BCUT2D eigenvalue weighted by Gasteiger charge is -2.31. The molecule has 8 heteroatoms. The minimum atomic E-state index is -3.53. The smallest absolute Gasteiger partial charge is 0.243 e. The second-order valence-corrected chi connectivity index (χ2v) is 7.25. The summed E-state index contributed by atoms with van der Waals surface area (Å²) in [6, 6.07) is 8.94. The molecule has 23 heavy (non-hydrogen) atoms. The van der Waals surface area contributed by atoms with Crippen molar-refractivity contribution < 1.29 is 12.9 Å². The third-order valence-electron chi connectivity index (χ3n) is 4.07. The molecule has 0 saturated carbocycles. The molecule has 1 N–H and O–H groups in total. The molecule has 0 unspecified atom stereocenters. The van der Waals surface area contributed by atoms with Crippen LogP contribution in [0.5, 0.6) is 0 Å². The minimum absolute atomic E-state index is 0. The number of hydrogen-bond acceptors (Lipinski definition) is 5. The molecule has 3 rings (SSSR count). The van der Waals surface area contributed by atoms with E-state index >= 15 is 0 Å². The van der Waals surface area contributed by atoms with Crippen LogP contribution in [0, 0.1) is 0 Å². The summed E-state index contributed by atoms with van der Waals surface area (Å²) in [4.78, 5) is 0.273. The Kier molecular flexibility index (Phi) is 5.80. The molecule has 1 aromatic heterocycles. The van der Waals surface area contributed by atoms with E-state index < -0.39 is 10.0 Å². The maximum atomic E-state index is 12.9. The molecule has 1 aliphatic rings. The molecule has 0 bridgehead atoms. The molecule has 0 aliphatic carbocycles. The molecule has 126 valence electrons. The summed E-state index contributed by atoms with van der Waals surface area (Å²) in [5, 5.41) is 6.87. The third-order valence-corrected chi connectivity index (χ3v) is 6.03. The van der Waals surface area contributed by atoms with Crippen molar-refractivity contribution in [3.05, 3.63) is 36.5 Å². The van der Waals surface area contributed by atoms with E-state index in [1.807, 2.05) is 7.05 Å². The lowest BCUT2D eigenvalue weighted by molar-refractivity contribution is 0.298. The van der Waals surface area contributed by atoms with Crippen LogP contribution >= 0.6 is 12.4 Å². The summed E-state index contributed by atoms with van der Waals surface area (Å²) in [5.74, 6) is 0.462. The van der Waals surface area contributed by atoms with Gasteiger partial charge in [-0.1, -0.05) is 17.3 Å². The summed E-state index contributed by atoms with van der Waals surface area (Å²) < 4.78 is 32.6. The predicted octanol–water partition coefficient (Wildman–Crippen LogP) is 2.14. The molecule has 0 radical (unpaired) electrons. The fourth-order valence-electron chi connectivity index (χ4n) is 2.77. The number of hydrogen-bond donors (Lipinski definition) is 1. The molecule has 1 fully saturated rings. The molecule has 6 nitrogen and oxygen atoms in total. The Morgan fingerprint density at radius 3 is 2.52 bits per heavy atom. The van der Waals surface area contributed by atoms with Crippen LogP contribution < -0.4 is 5.32 Å². The monoisotopic (exact) mass is 357 g/mol. The molecule has 1 aliphatic heterocycles. The molecule has 0 amide bonds. The van der Waals surface area contributed by atoms with Gasteiger partial charge in [0.2, 0.25) is 10.0 Å². The van der Waals surface area contributed by atoms with Gasteiger partial charge in [-0.2, -0.15) is 4.31 Å². The van der Waals surface area contributed by atoms with Crippen molar-refractivity contribution in [2.45, 2.75) is 23.8 Å². The maximum Gasteiger partial charge on any atom is 0.243 e. The van der Waals surface area contributed by atoms with E-state index in [1.54, 1.807) is 34.6 Å². The van der Waals surface area contributed by atoms with E-state index in [0.717, 1.165) is 12.8 Å². The van der Waals surface area contributed by atoms with Crippen LogP contribution in [0.25, 0.3) is 11.3 Å². The van der Waals surface area contributed by atoms with Crippen LogP contribution in [0.4, 0.5) is 0 Å². The second-order valence-electron chi connectivity index (χ2n) is 5.34. The van der Waals surface area contributed by atoms with E-state index in [9.17, 15) is 8.42 Å². The third kappa shape index (κ3) is 3.58. The van der Waals surface area contributed by atoms with Gasteiger partial charge in [-0.05, 0) is 32.0 Å². The van der Waals surface area contributed by atoms with Gasteiger partial charge in [0.05, 0.1) is 11.1 Å². The van der Waals surface area contributed by atoms with Crippen LogP contribution in [0.15, 0.2) is 45.9 Å². The molecular formula is C15H20ClN3O3S. The van der Waals surface area contributed by atoms with E-state index in [1.165, 1.54) is 6.20 Å². The van der Waals surface area contributed by atoms with Crippen LogP contribution in [0.3, 0.4) is 0 Å². The average Bonchev–Trinajstić information content (AvgIpc) is 3.09. The summed E-state index contributed by atoms with van der Waals surface area (Å²) in [5.41, 5.74) is 0.552. The van der Waals surface area contributed by atoms with Gasteiger partial charge in [-0.15, -0.1) is 12.4 Å². The molecule has 0 spiro atoms. The largest absolute Gasteiger partial charge is 0.356 e. The van der Waals surface area contributed by atoms with Crippen molar-refractivity contribution in [2.24, 2.45) is 0 Å². The second kappa shape index (κ2) is 7.44. The van der Waals surface area contributed by atoms with Gasteiger partial charge in [-0.3, -0.25) is 0 Å². The fraction of sp³-hybridized carbons (Fsp3) is 0.400. The van der Waals surface area contributed by atoms with Gasteiger partial charge in [0, 0.05) is 30.8 Å². The molecule has 2 aromatic rings. The SMILES string of the molecule is CNC1CCN(S(=O)(=O)c2ccccc2-c2ccno2)CC1.Cl. The Bertz CT molecular complexity index is 726. The van der Waals surface area contributed by atoms with Crippen LogP contribution in [0.2, 0.25) is 0 Å². The van der Waals surface area contributed by atoms with Gasteiger partial charge in [-0.25, -0.2) is 8.42 Å². The summed E-state index contributed by atoms with van der Waals surface area (Å²) >= 11 is 0. The maximum absolute atomic E-state index is 12.9. The zero-order valence-electron chi connectivity index (χ0n) is 12.8. The lowest BCUT2D eigenvalue weighted by Crippen LogP contribution is -2.43. The summed E-state index contributed by atoms with van der Waals surface area (Å²) in [6.07, 6.45) is 3.15. The Morgan fingerprint density at radius 2 is 1.91 bits per heavy atom. The Morgan fingerprint density at radius 1 is 1.22 bits per heavy atom. The highest BCUT2D eigenvalue weighted by Crippen LogP contribution is 2.30. The van der Waals surface area contributed by atoms with Gasteiger partial charge < -0.3 is 9.84 Å². The molecule has 2 heterocycles. The summed E-state index contributed by atoms with van der Waals surface area (Å²) in [7, 11) is -1.62. The molecule has 0 atom stereocenters. The van der Waals surface area contributed by atoms with Crippen LogP contribution in [-0.4, -0.2) is 44.1 Å². The Labute approximate surface area is 142 Å². The number of piperidine rings is 1. The first-order valence-electron chi connectivity index (χ1n) is 7.30. The number of halogens is 1. The molecule has 1 aromatic carbocycles. The van der Waals surface area contributed by atoms with Crippen molar-refractivity contribution in [2.75, 3.05) is 20.1 Å². The number of nitrogens with zero attached hydrogens (tertiary/aromatic N) is 2. The normalized spacial score (nSPS) is 16.9. The number of rotatable bonds is 4. The Balaban J connectivity index is 0.00000192. The Hall–Kier alpha value is -1.41. The first-order chi connectivity index (χ1) is 10.6. The first kappa shape index (κ1) is 17.9. The zero-order chi connectivity index (χ0) is 15.6. The topological polar surface area (TPSA) is 75.4 Å². The number of nitrogens with one attached hydrogen (secondary N) is 1. The van der Waals surface area contributed by atoms with Crippen molar-refractivity contribution in [1.29, 1.82) is 0 Å². The van der Waals surface area contributed by atoms with E-state index in [4.69, 9.17) is 4.52 Å². The number of benzene rings is 1. The van der Waals surface area contributed by atoms with Crippen molar-refractivity contribution in [1.82, 2.24) is 14.8 Å². The molecule has 1 saturated heterocycles. The molecular weight excluding hydrogens is 338 g/mol. The quantitative estimate of drug-likeness (QED) is 0.907. The predicted molar refractivity (Wildman–Crippen MR) is 90.0 cm³/mol. The highest BCUT2D eigenvalue weighted by atomic mass is 35.5. The van der Waals surface area contributed by atoms with Crippen molar-refractivity contribution in [3.8, 4) is 11.3 Å². The highest BCUT2D eigenvalue weighted by molar-refractivity contribution is 7.89. The number of sulfonamides is 1. The minimum Gasteiger partial charge on any atom is -0.356 e. The standard InChI is InChI=1S/C15H19N3O3S.ClH/c1-16-12-7-10-18(11-8-12)22(19,20)15-5-3-2-4-13(15)14-6-9-17-21-14;/h2-6,9,12,16H,7-8,10-11H2,1H3;1H. The van der Waals surface area contributed by atoms with Gasteiger partial charge in [0.25, 0.3) is 0 Å². The van der Waals surface area contributed by atoms with Gasteiger partial charge >= 0.3 is 0 Å². The van der Waals surface area contributed by atoms with E-state index in [2.05, 4.69) is 10.5 Å². The average molecular weight is 358 g/mol. The van der Waals surface area contributed by atoms with Gasteiger partial charge in [0.1, 0.15) is 0 Å². The van der Waals surface area contributed by atoms with Crippen LogP contribution in [-0.2, 0) is 10.0 Å². The highest BCUT2D eigenvalue weighted by Gasteiger charge is 2.31.